The first-order chi connectivity index (χ1) is 10.2. The van der Waals surface area contributed by atoms with Crippen molar-refractivity contribution >= 4 is 17.4 Å². The van der Waals surface area contributed by atoms with Gasteiger partial charge in [-0.15, -0.1) is 0 Å². The Labute approximate surface area is 129 Å². The Morgan fingerprint density at radius 2 is 2.10 bits per heavy atom. The summed E-state index contributed by atoms with van der Waals surface area (Å²) in [5, 5.41) is 3.90. The number of ether oxygens (including phenoxy) is 2. The van der Waals surface area contributed by atoms with Crippen LogP contribution in [0.15, 0.2) is 24.5 Å². The molecule has 5 nitrogen and oxygen atoms in total. The third-order valence-corrected chi connectivity index (χ3v) is 3.40. The molecular weight excluding hydrogens is 290 g/mol. The van der Waals surface area contributed by atoms with Crippen molar-refractivity contribution in [1.82, 2.24) is 9.97 Å². The lowest BCUT2D eigenvalue weighted by Gasteiger charge is -2.14. The zero-order valence-corrected chi connectivity index (χ0v) is 13.1. The van der Waals surface area contributed by atoms with Crippen LogP contribution in [0.4, 0.5) is 5.82 Å². The van der Waals surface area contributed by atoms with Gasteiger partial charge in [-0.05, 0) is 26.0 Å². The van der Waals surface area contributed by atoms with E-state index in [0.29, 0.717) is 24.1 Å². The second kappa shape index (κ2) is 7.13. The lowest BCUT2D eigenvalue weighted by atomic mass is 10.2. The van der Waals surface area contributed by atoms with E-state index in [2.05, 4.69) is 15.3 Å². The van der Waals surface area contributed by atoms with Crippen LogP contribution in [0.5, 0.6) is 11.6 Å². The first kappa shape index (κ1) is 15.4. The normalized spacial score (nSPS) is 10.3. The van der Waals surface area contributed by atoms with Gasteiger partial charge in [-0.1, -0.05) is 17.7 Å². The highest BCUT2D eigenvalue weighted by atomic mass is 35.5. The lowest BCUT2D eigenvalue weighted by molar-refractivity contribution is 0.324. The SMILES string of the molecule is CCOc1ncnc(NCc2c(Cl)cccc2OC)c1C. The summed E-state index contributed by atoms with van der Waals surface area (Å²) in [6.07, 6.45) is 1.48. The van der Waals surface area contributed by atoms with E-state index in [1.165, 1.54) is 6.33 Å². The van der Waals surface area contributed by atoms with Crippen molar-refractivity contribution in [3.8, 4) is 11.6 Å². The molecule has 2 rings (SSSR count). The van der Waals surface area contributed by atoms with Gasteiger partial charge in [-0.25, -0.2) is 9.97 Å². The number of hydrogen-bond acceptors (Lipinski definition) is 5. The summed E-state index contributed by atoms with van der Waals surface area (Å²) >= 11 is 6.22. The van der Waals surface area contributed by atoms with E-state index in [1.54, 1.807) is 7.11 Å². The fourth-order valence-corrected chi connectivity index (χ4v) is 2.20. The molecule has 0 aliphatic heterocycles. The lowest BCUT2D eigenvalue weighted by Crippen LogP contribution is -2.07. The standard InChI is InChI=1S/C15H18ClN3O2/c1-4-21-15-10(2)14(18-9-19-15)17-8-11-12(16)6-5-7-13(11)20-3/h5-7,9H,4,8H2,1-3H3,(H,17,18,19). The van der Waals surface area contributed by atoms with Gasteiger partial charge >= 0.3 is 0 Å². The fraction of sp³-hybridized carbons (Fsp3) is 0.333. The monoisotopic (exact) mass is 307 g/mol. The molecule has 6 heteroatoms. The number of hydrogen-bond donors (Lipinski definition) is 1. The molecule has 0 unspecified atom stereocenters. The van der Waals surface area contributed by atoms with Gasteiger partial charge in [0.05, 0.1) is 19.3 Å². The maximum absolute atomic E-state index is 6.22. The smallest absolute Gasteiger partial charge is 0.221 e. The Kier molecular flexibility index (Phi) is 5.22. The van der Waals surface area contributed by atoms with Crippen molar-refractivity contribution in [3.05, 3.63) is 40.7 Å². The van der Waals surface area contributed by atoms with E-state index in [9.17, 15) is 0 Å². The van der Waals surface area contributed by atoms with Crippen molar-refractivity contribution < 1.29 is 9.47 Å². The van der Waals surface area contributed by atoms with E-state index in [1.807, 2.05) is 32.0 Å². The maximum Gasteiger partial charge on any atom is 0.221 e. The van der Waals surface area contributed by atoms with Gasteiger partial charge in [-0.2, -0.15) is 0 Å². The Bertz CT molecular complexity index is 620. The summed E-state index contributed by atoms with van der Waals surface area (Å²) in [5.41, 5.74) is 1.75. The Balaban J connectivity index is 2.19. The topological polar surface area (TPSA) is 56.3 Å². The third kappa shape index (κ3) is 3.55. The molecule has 0 atom stereocenters. The van der Waals surface area contributed by atoms with Crippen LogP contribution in [0.25, 0.3) is 0 Å². The minimum absolute atomic E-state index is 0.506. The molecule has 0 bridgehead atoms. The average Bonchev–Trinajstić information content (AvgIpc) is 2.49. The molecule has 21 heavy (non-hydrogen) atoms. The van der Waals surface area contributed by atoms with Crippen molar-refractivity contribution in [3.63, 3.8) is 0 Å². The summed E-state index contributed by atoms with van der Waals surface area (Å²) in [6, 6.07) is 5.56. The number of benzene rings is 1. The van der Waals surface area contributed by atoms with Crippen LogP contribution in [0, 0.1) is 6.92 Å². The number of aromatic nitrogens is 2. The van der Waals surface area contributed by atoms with Gasteiger partial charge < -0.3 is 14.8 Å². The zero-order chi connectivity index (χ0) is 15.2. The molecule has 0 amide bonds. The third-order valence-electron chi connectivity index (χ3n) is 3.05. The van der Waals surface area contributed by atoms with Gasteiger partial charge in [0.1, 0.15) is 17.9 Å². The minimum atomic E-state index is 0.506. The number of halogens is 1. The quantitative estimate of drug-likeness (QED) is 0.885. The number of methoxy groups -OCH3 is 1. The van der Waals surface area contributed by atoms with Gasteiger partial charge in [0, 0.05) is 17.1 Å². The summed E-state index contributed by atoms with van der Waals surface area (Å²) in [7, 11) is 1.62. The van der Waals surface area contributed by atoms with Crippen LogP contribution in [0.1, 0.15) is 18.1 Å². The molecule has 0 aliphatic carbocycles. The molecule has 1 aromatic heterocycles. The first-order valence-electron chi connectivity index (χ1n) is 6.67. The molecule has 112 valence electrons. The molecule has 1 N–H and O–H groups in total. The molecule has 0 spiro atoms. The predicted molar refractivity (Wildman–Crippen MR) is 83.3 cm³/mol. The number of nitrogens with one attached hydrogen (secondary N) is 1. The van der Waals surface area contributed by atoms with Gasteiger partial charge in [0.25, 0.3) is 0 Å². The second-order valence-corrected chi connectivity index (χ2v) is 4.77. The molecule has 0 fully saturated rings. The number of rotatable bonds is 6. The van der Waals surface area contributed by atoms with E-state index in [-0.39, 0.29) is 0 Å². The minimum Gasteiger partial charge on any atom is -0.496 e. The van der Waals surface area contributed by atoms with Crippen LogP contribution in [0.2, 0.25) is 5.02 Å². The van der Waals surface area contributed by atoms with Crippen LogP contribution in [-0.2, 0) is 6.54 Å². The largest absolute Gasteiger partial charge is 0.496 e. The number of anilines is 1. The van der Waals surface area contributed by atoms with Crippen molar-refractivity contribution in [2.75, 3.05) is 19.0 Å². The van der Waals surface area contributed by atoms with Gasteiger partial charge in [0.15, 0.2) is 0 Å². The highest BCUT2D eigenvalue weighted by Crippen LogP contribution is 2.28. The van der Waals surface area contributed by atoms with Gasteiger partial charge in [0.2, 0.25) is 5.88 Å². The van der Waals surface area contributed by atoms with E-state index >= 15 is 0 Å². The highest BCUT2D eigenvalue weighted by molar-refractivity contribution is 6.31. The van der Waals surface area contributed by atoms with Crippen LogP contribution < -0.4 is 14.8 Å². The average molecular weight is 308 g/mol. The molecule has 2 aromatic rings. The zero-order valence-electron chi connectivity index (χ0n) is 12.3. The molecule has 1 aromatic carbocycles. The van der Waals surface area contributed by atoms with Gasteiger partial charge in [-0.3, -0.25) is 0 Å². The molecule has 0 saturated carbocycles. The Hall–Kier alpha value is -2.01. The Morgan fingerprint density at radius 1 is 1.29 bits per heavy atom. The molecule has 0 saturated heterocycles. The molecule has 0 radical (unpaired) electrons. The van der Waals surface area contributed by atoms with E-state index < -0.39 is 0 Å². The summed E-state index contributed by atoms with van der Waals surface area (Å²) in [4.78, 5) is 8.35. The summed E-state index contributed by atoms with van der Waals surface area (Å²) in [6.45, 7) is 4.91. The predicted octanol–water partition coefficient (Wildman–Crippen LogP) is 3.46. The Morgan fingerprint density at radius 3 is 2.81 bits per heavy atom. The highest BCUT2D eigenvalue weighted by Gasteiger charge is 2.11. The number of nitrogens with zero attached hydrogens (tertiary/aromatic N) is 2. The second-order valence-electron chi connectivity index (χ2n) is 4.36. The summed E-state index contributed by atoms with van der Waals surface area (Å²) in [5.74, 6) is 2.04. The first-order valence-corrected chi connectivity index (χ1v) is 7.04. The van der Waals surface area contributed by atoms with Crippen LogP contribution in [-0.4, -0.2) is 23.7 Å². The molecule has 1 heterocycles. The van der Waals surface area contributed by atoms with Crippen molar-refractivity contribution in [2.45, 2.75) is 20.4 Å². The van der Waals surface area contributed by atoms with Crippen molar-refractivity contribution in [2.24, 2.45) is 0 Å². The fourth-order valence-electron chi connectivity index (χ4n) is 1.97. The van der Waals surface area contributed by atoms with Crippen LogP contribution in [0.3, 0.4) is 0 Å². The van der Waals surface area contributed by atoms with E-state index in [0.717, 1.165) is 22.7 Å². The summed E-state index contributed by atoms with van der Waals surface area (Å²) < 4.78 is 10.8. The molecule has 0 aliphatic rings. The maximum atomic E-state index is 6.22. The van der Waals surface area contributed by atoms with Crippen LogP contribution >= 0.6 is 11.6 Å². The van der Waals surface area contributed by atoms with E-state index in [4.69, 9.17) is 21.1 Å². The van der Waals surface area contributed by atoms with Crippen molar-refractivity contribution in [1.29, 1.82) is 0 Å². The molecular formula is C15H18ClN3O2.